The molecular weight excluding hydrogens is 474 g/mol. The third-order valence-electron chi connectivity index (χ3n) is 7.37. The second kappa shape index (κ2) is 12.7. The molecule has 0 radical (unpaired) electrons. The monoisotopic (exact) mass is 523 g/mol. The standard InChI is InChI=1S/C27H49NO5Si2/c1-12-16-23(29)24(33-35(10,11)27(5,6)7)22(20-32-34(8,9)26(2,3)4)28-25(30)31-19-21-17-14-13-15-18-21/h12-15,17-18,22-24,29H,1,16,19-20H2,2-11H3,(H,28,30)/t22-,23-,24+/m0/s1. The maximum atomic E-state index is 12.9. The van der Waals surface area contributed by atoms with Gasteiger partial charge in [0.05, 0.1) is 24.9 Å². The smallest absolute Gasteiger partial charge is 0.407 e. The summed E-state index contributed by atoms with van der Waals surface area (Å²) in [5.41, 5.74) is 0.900. The van der Waals surface area contributed by atoms with Gasteiger partial charge in [-0.2, -0.15) is 0 Å². The van der Waals surface area contributed by atoms with Crippen molar-refractivity contribution in [3.63, 3.8) is 0 Å². The fraction of sp³-hybridized carbons (Fsp3) is 0.667. The van der Waals surface area contributed by atoms with Crippen molar-refractivity contribution >= 4 is 22.7 Å². The van der Waals surface area contributed by atoms with Gasteiger partial charge in [-0.05, 0) is 48.2 Å². The lowest BCUT2D eigenvalue weighted by Crippen LogP contribution is -2.58. The highest BCUT2D eigenvalue weighted by Crippen LogP contribution is 2.39. The first-order chi connectivity index (χ1) is 15.9. The normalized spacial score (nSPS) is 15.7. The lowest BCUT2D eigenvalue weighted by Gasteiger charge is -2.44. The van der Waals surface area contributed by atoms with E-state index in [4.69, 9.17) is 13.6 Å². The molecule has 0 spiro atoms. The van der Waals surface area contributed by atoms with Gasteiger partial charge < -0.3 is 24.0 Å². The number of nitrogens with one attached hydrogen (secondary N) is 1. The van der Waals surface area contributed by atoms with Crippen LogP contribution >= 0.6 is 0 Å². The van der Waals surface area contributed by atoms with Crippen LogP contribution in [0, 0.1) is 0 Å². The number of alkyl carbamates (subject to hydrolysis) is 1. The minimum Gasteiger partial charge on any atom is -0.445 e. The number of aliphatic hydroxyl groups excluding tert-OH is 1. The Labute approximate surface area is 215 Å². The van der Waals surface area contributed by atoms with Crippen molar-refractivity contribution in [2.45, 2.75) is 109 Å². The number of benzene rings is 1. The molecule has 0 heterocycles. The summed E-state index contributed by atoms with van der Waals surface area (Å²) in [5.74, 6) is 0. The van der Waals surface area contributed by atoms with Crippen LogP contribution in [0.1, 0.15) is 53.5 Å². The molecule has 1 aromatic carbocycles. The number of rotatable bonds is 12. The third kappa shape index (κ3) is 9.84. The first-order valence-corrected chi connectivity index (χ1v) is 18.3. The van der Waals surface area contributed by atoms with Crippen LogP contribution in [0.5, 0.6) is 0 Å². The number of carbonyl (C=O) groups excluding carboxylic acids is 1. The molecule has 6 nitrogen and oxygen atoms in total. The maximum Gasteiger partial charge on any atom is 0.407 e. The van der Waals surface area contributed by atoms with Crippen LogP contribution in [0.2, 0.25) is 36.3 Å². The minimum atomic E-state index is -2.29. The van der Waals surface area contributed by atoms with E-state index in [0.29, 0.717) is 6.42 Å². The molecule has 0 saturated carbocycles. The molecule has 0 aliphatic rings. The summed E-state index contributed by atoms with van der Waals surface area (Å²) in [6.45, 7) is 25.8. The fourth-order valence-electron chi connectivity index (χ4n) is 2.90. The van der Waals surface area contributed by atoms with Gasteiger partial charge in [0.1, 0.15) is 6.61 Å². The maximum absolute atomic E-state index is 12.9. The van der Waals surface area contributed by atoms with Gasteiger partial charge >= 0.3 is 6.09 Å². The predicted molar refractivity (Wildman–Crippen MR) is 150 cm³/mol. The Morgan fingerprint density at radius 3 is 2.06 bits per heavy atom. The molecule has 0 bridgehead atoms. The Morgan fingerprint density at radius 2 is 1.57 bits per heavy atom. The predicted octanol–water partition coefficient (Wildman–Crippen LogP) is 6.63. The topological polar surface area (TPSA) is 77.0 Å². The highest BCUT2D eigenvalue weighted by Gasteiger charge is 2.44. The molecule has 2 N–H and O–H groups in total. The number of carbonyl (C=O) groups is 1. The quantitative estimate of drug-likeness (QED) is 0.237. The van der Waals surface area contributed by atoms with Crippen molar-refractivity contribution in [2.75, 3.05) is 6.61 Å². The average Bonchev–Trinajstić information content (AvgIpc) is 2.73. The Bertz CT molecular complexity index is 800. The van der Waals surface area contributed by atoms with E-state index in [9.17, 15) is 9.90 Å². The molecular formula is C27H49NO5Si2. The Hall–Kier alpha value is -1.46. The molecule has 200 valence electrons. The van der Waals surface area contributed by atoms with Gasteiger partial charge in [-0.25, -0.2) is 4.79 Å². The lowest BCUT2D eigenvalue weighted by molar-refractivity contribution is -0.00577. The molecule has 1 amide bonds. The number of hydrogen-bond donors (Lipinski definition) is 2. The van der Waals surface area contributed by atoms with Gasteiger partial charge in [-0.1, -0.05) is 78.0 Å². The first-order valence-electron chi connectivity index (χ1n) is 12.5. The molecule has 0 fully saturated rings. The van der Waals surface area contributed by atoms with Crippen LogP contribution in [0.25, 0.3) is 0 Å². The van der Waals surface area contributed by atoms with Gasteiger partial charge in [0.15, 0.2) is 16.6 Å². The highest BCUT2D eigenvalue weighted by molar-refractivity contribution is 6.74. The molecule has 0 aliphatic heterocycles. The molecule has 35 heavy (non-hydrogen) atoms. The molecule has 0 unspecified atom stereocenters. The molecule has 0 saturated heterocycles. The average molecular weight is 524 g/mol. The SMILES string of the molecule is C=CC[C@H](O)[C@H](O[Si](C)(C)C(C)(C)C)[C@H](CO[Si](C)(C)C(C)(C)C)NC(=O)OCc1ccccc1. The zero-order valence-corrected chi connectivity index (χ0v) is 25.6. The Morgan fingerprint density at radius 1 is 1.03 bits per heavy atom. The van der Waals surface area contributed by atoms with Crippen molar-refractivity contribution in [2.24, 2.45) is 0 Å². The first kappa shape index (κ1) is 31.6. The van der Waals surface area contributed by atoms with Crippen LogP contribution in [0.15, 0.2) is 43.0 Å². The van der Waals surface area contributed by atoms with E-state index in [2.05, 4.69) is 79.6 Å². The van der Waals surface area contributed by atoms with Gasteiger partial charge in [0.25, 0.3) is 0 Å². The van der Waals surface area contributed by atoms with Gasteiger partial charge in [0, 0.05) is 0 Å². The summed E-state index contributed by atoms with van der Waals surface area (Å²) in [6.07, 6.45) is -0.0534. The van der Waals surface area contributed by atoms with Crippen molar-refractivity contribution < 1.29 is 23.5 Å². The Balaban J connectivity index is 3.21. The van der Waals surface area contributed by atoms with Crippen LogP contribution < -0.4 is 5.32 Å². The second-order valence-electron chi connectivity index (χ2n) is 12.3. The summed E-state index contributed by atoms with van der Waals surface area (Å²) in [7, 11) is -4.41. The second-order valence-corrected chi connectivity index (χ2v) is 21.9. The number of ether oxygens (including phenoxy) is 1. The van der Waals surface area contributed by atoms with Crippen LogP contribution in [-0.2, 0) is 20.2 Å². The van der Waals surface area contributed by atoms with E-state index in [-0.39, 0.29) is 23.3 Å². The summed E-state index contributed by atoms with van der Waals surface area (Å²) in [6, 6.07) is 8.95. The molecule has 8 heteroatoms. The minimum absolute atomic E-state index is 0.000878. The van der Waals surface area contributed by atoms with E-state index in [1.54, 1.807) is 6.08 Å². The molecule has 0 aromatic heterocycles. The number of hydrogen-bond acceptors (Lipinski definition) is 5. The summed E-state index contributed by atoms with van der Waals surface area (Å²) in [4.78, 5) is 12.9. The fourth-order valence-corrected chi connectivity index (χ4v) is 5.28. The lowest BCUT2D eigenvalue weighted by atomic mass is 10.0. The van der Waals surface area contributed by atoms with Crippen LogP contribution in [-0.4, -0.2) is 52.7 Å². The van der Waals surface area contributed by atoms with E-state index >= 15 is 0 Å². The van der Waals surface area contributed by atoms with Crippen molar-refractivity contribution in [1.29, 1.82) is 0 Å². The van der Waals surface area contributed by atoms with Crippen molar-refractivity contribution in [1.82, 2.24) is 5.32 Å². The van der Waals surface area contributed by atoms with E-state index in [0.717, 1.165) is 5.56 Å². The highest BCUT2D eigenvalue weighted by atomic mass is 28.4. The zero-order valence-electron chi connectivity index (χ0n) is 23.6. The van der Waals surface area contributed by atoms with Crippen molar-refractivity contribution in [3.05, 3.63) is 48.6 Å². The molecule has 1 aromatic rings. The van der Waals surface area contributed by atoms with E-state index in [1.807, 2.05) is 30.3 Å². The molecule has 0 aliphatic carbocycles. The van der Waals surface area contributed by atoms with Crippen molar-refractivity contribution in [3.8, 4) is 0 Å². The molecule has 3 atom stereocenters. The van der Waals surface area contributed by atoms with E-state index in [1.165, 1.54) is 0 Å². The summed E-state index contributed by atoms with van der Waals surface area (Å²) < 4.78 is 18.7. The van der Waals surface area contributed by atoms with Gasteiger partial charge in [-0.3, -0.25) is 0 Å². The largest absolute Gasteiger partial charge is 0.445 e. The zero-order chi connectivity index (χ0) is 27.1. The number of amides is 1. The van der Waals surface area contributed by atoms with Crippen LogP contribution in [0.4, 0.5) is 4.79 Å². The summed E-state index contributed by atoms with van der Waals surface area (Å²) >= 11 is 0. The van der Waals surface area contributed by atoms with Gasteiger partial charge in [0.2, 0.25) is 0 Å². The third-order valence-corrected chi connectivity index (χ3v) is 16.3. The number of aliphatic hydroxyl groups is 1. The summed E-state index contributed by atoms with van der Waals surface area (Å²) in [5, 5.41) is 14.0. The van der Waals surface area contributed by atoms with Gasteiger partial charge in [-0.15, -0.1) is 6.58 Å². The molecule has 1 rings (SSSR count). The van der Waals surface area contributed by atoms with E-state index < -0.39 is 41.0 Å². The Kier molecular flexibility index (Phi) is 11.4. The van der Waals surface area contributed by atoms with Crippen LogP contribution in [0.3, 0.4) is 0 Å².